The van der Waals surface area contributed by atoms with E-state index in [0.717, 1.165) is 0 Å². The summed E-state index contributed by atoms with van der Waals surface area (Å²) in [6, 6.07) is 1.15. The van der Waals surface area contributed by atoms with E-state index in [9.17, 15) is 0 Å². The lowest BCUT2D eigenvalue weighted by molar-refractivity contribution is 0.212. The molecule has 2 fully saturated rings. The first-order chi connectivity index (χ1) is 9.53. The van der Waals surface area contributed by atoms with Gasteiger partial charge in [0, 0.05) is 24.0 Å². The fraction of sp³-hybridized carbons (Fsp3) is 0.812. The fourth-order valence-electron chi connectivity index (χ4n) is 3.89. The maximum Gasteiger partial charge on any atom is 0.115 e. The average Bonchev–Trinajstić information content (AvgIpc) is 3.05. The zero-order valence-corrected chi connectivity index (χ0v) is 14.0. The van der Waals surface area contributed by atoms with Crippen molar-refractivity contribution in [2.24, 2.45) is 0 Å². The smallest absolute Gasteiger partial charge is 0.115 e. The van der Waals surface area contributed by atoms with Gasteiger partial charge in [0.05, 0.1) is 11.2 Å². The number of hydrogen-bond acceptors (Lipinski definition) is 4. The highest BCUT2D eigenvalue weighted by molar-refractivity contribution is 7.09. The van der Waals surface area contributed by atoms with Crippen molar-refractivity contribution in [2.75, 3.05) is 13.1 Å². The van der Waals surface area contributed by atoms with Crippen molar-refractivity contribution in [3.63, 3.8) is 0 Å². The molecule has 0 bridgehead atoms. The minimum absolute atomic E-state index is 0.0997. The SMILES string of the molecule is CC(C)NC1(c2nc(C(C)C)cs2)CCN2CCCC21. The van der Waals surface area contributed by atoms with Crippen LogP contribution in [0, 0.1) is 0 Å². The summed E-state index contributed by atoms with van der Waals surface area (Å²) in [6.45, 7) is 11.5. The van der Waals surface area contributed by atoms with Gasteiger partial charge in [-0.3, -0.25) is 4.90 Å². The summed E-state index contributed by atoms with van der Waals surface area (Å²) in [4.78, 5) is 7.68. The quantitative estimate of drug-likeness (QED) is 0.923. The summed E-state index contributed by atoms with van der Waals surface area (Å²) >= 11 is 1.86. The zero-order valence-electron chi connectivity index (χ0n) is 13.1. The lowest BCUT2D eigenvalue weighted by Gasteiger charge is -2.36. The molecule has 3 rings (SSSR count). The van der Waals surface area contributed by atoms with Gasteiger partial charge in [0.2, 0.25) is 0 Å². The molecule has 0 aliphatic carbocycles. The Labute approximate surface area is 126 Å². The molecule has 2 aliphatic rings. The van der Waals surface area contributed by atoms with Crippen LogP contribution in [0.25, 0.3) is 0 Å². The van der Waals surface area contributed by atoms with Crippen molar-refractivity contribution in [3.8, 4) is 0 Å². The Morgan fingerprint density at radius 1 is 1.35 bits per heavy atom. The van der Waals surface area contributed by atoms with Gasteiger partial charge in [-0.1, -0.05) is 13.8 Å². The van der Waals surface area contributed by atoms with Gasteiger partial charge in [0.1, 0.15) is 5.01 Å². The van der Waals surface area contributed by atoms with Crippen LogP contribution in [0.2, 0.25) is 0 Å². The molecular formula is C16H27N3S. The van der Waals surface area contributed by atoms with Gasteiger partial charge in [-0.15, -0.1) is 11.3 Å². The number of rotatable bonds is 4. The largest absolute Gasteiger partial charge is 0.302 e. The molecule has 0 aromatic carbocycles. The third-order valence-corrected chi connectivity index (χ3v) is 5.81. The molecule has 0 spiro atoms. The van der Waals surface area contributed by atoms with Crippen molar-refractivity contribution >= 4 is 11.3 Å². The van der Waals surface area contributed by atoms with Crippen molar-refractivity contribution in [2.45, 2.75) is 70.5 Å². The Bertz CT molecular complexity index is 468. The maximum absolute atomic E-state index is 5.01. The maximum atomic E-state index is 5.01. The number of aromatic nitrogens is 1. The summed E-state index contributed by atoms with van der Waals surface area (Å²) in [7, 11) is 0. The second kappa shape index (κ2) is 5.39. The fourth-order valence-corrected chi connectivity index (χ4v) is 5.11. The number of thiazole rings is 1. The van der Waals surface area contributed by atoms with Crippen molar-refractivity contribution < 1.29 is 0 Å². The van der Waals surface area contributed by atoms with Gasteiger partial charge in [0.15, 0.2) is 0 Å². The highest BCUT2D eigenvalue weighted by Crippen LogP contribution is 2.44. The Hall–Kier alpha value is -0.450. The second-order valence-electron chi connectivity index (χ2n) is 6.95. The molecule has 3 nitrogen and oxygen atoms in total. The molecule has 1 aromatic rings. The topological polar surface area (TPSA) is 28.2 Å². The van der Waals surface area contributed by atoms with E-state index in [1.807, 2.05) is 11.3 Å². The van der Waals surface area contributed by atoms with Gasteiger partial charge < -0.3 is 5.32 Å². The first kappa shape index (κ1) is 14.5. The Morgan fingerprint density at radius 3 is 2.80 bits per heavy atom. The summed E-state index contributed by atoms with van der Waals surface area (Å²) in [5.41, 5.74) is 1.36. The van der Waals surface area contributed by atoms with E-state index in [2.05, 4.69) is 43.3 Å². The van der Waals surface area contributed by atoms with Gasteiger partial charge in [0.25, 0.3) is 0 Å². The van der Waals surface area contributed by atoms with Crippen LogP contribution in [0.4, 0.5) is 0 Å². The predicted molar refractivity (Wildman–Crippen MR) is 85.4 cm³/mol. The number of nitrogens with zero attached hydrogens (tertiary/aromatic N) is 2. The molecule has 2 aliphatic heterocycles. The van der Waals surface area contributed by atoms with E-state index in [0.29, 0.717) is 18.0 Å². The molecule has 2 atom stereocenters. The summed E-state index contributed by atoms with van der Waals surface area (Å²) < 4.78 is 0. The third-order valence-electron chi connectivity index (χ3n) is 4.77. The monoisotopic (exact) mass is 293 g/mol. The van der Waals surface area contributed by atoms with Crippen molar-refractivity contribution in [3.05, 3.63) is 16.1 Å². The van der Waals surface area contributed by atoms with Crippen LogP contribution in [0.3, 0.4) is 0 Å². The zero-order chi connectivity index (χ0) is 14.3. The van der Waals surface area contributed by atoms with E-state index < -0.39 is 0 Å². The van der Waals surface area contributed by atoms with Crippen molar-refractivity contribution in [1.29, 1.82) is 0 Å². The van der Waals surface area contributed by atoms with Gasteiger partial charge >= 0.3 is 0 Å². The van der Waals surface area contributed by atoms with Crippen LogP contribution >= 0.6 is 11.3 Å². The molecule has 20 heavy (non-hydrogen) atoms. The van der Waals surface area contributed by atoms with Crippen molar-refractivity contribution in [1.82, 2.24) is 15.2 Å². The molecule has 0 radical (unpaired) electrons. The van der Waals surface area contributed by atoms with E-state index in [1.54, 1.807) is 0 Å². The normalized spacial score (nSPS) is 30.6. The predicted octanol–water partition coefficient (Wildman–Crippen LogP) is 3.33. The Kier molecular flexibility index (Phi) is 3.91. The molecule has 2 unspecified atom stereocenters. The van der Waals surface area contributed by atoms with Crippen LogP contribution in [0.15, 0.2) is 5.38 Å². The van der Waals surface area contributed by atoms with E-state index >= 15 is 0 Å². The first-order valence-corrected chi connectivity index (χ1v) is 8.88. The lowest BCUT2D eigenvalue weighted by atomic mass is 9.88. The van der Waals surface area contributed by atoms with Crippen LogP contribution < -0.4 is 5.32 Å². The number of hydrogen-bond donors (Lipinski definition) is 1. The molecule has 0 saturated carbocycles. The lowest BCUT2D eigenvalue weighted by Crippen LogP contribution is -2.52. The van der Waals surface area contributed by atoms with Crippen LogP contribution in [-0.4, -0.2) is 35.1 Å². The van der Waals surface area contributed by atoms with Gasteiger partial charge in [-0.2, -0.15) is 0 Å². The Morgan fingerprint density at radius 2 is 2.15 bits per heavy atom. The van der Waals surface area contributed by atoms with E-state index in [-0.39, 0.29) is 5.54 Å². The third kappa shape index (κ3) is 2.32. The summed E-state index contributed by atoms with van der Waals surface area (Å²) in [5.74, 6) is 0.525. The minimum Gasteiger partial charge on any atom is -0.302 e. The standard InChI is InChI=1S/C16H27N3S/c1-11(2)13-10-20-15(17-13)16(18-12(3)4)7-9-19-8-5-6-14(16)19/h10-12,14,18H,5-9H2,1-4H3. The van der Waals surface area contributed by atoms with Gasteiger partial charge in [-0.25, -0.2) is 4.98 Å². The summed E-state index contributed by atoms with van der Waals surface area (Å²) in [5, 5.41) is 7.49. The molecule has 0 amide bonds. The average molecular weight is 293 g/mol. The molecule has 3 heterocycles. The van der Waals surface area contributed by atoms with E-state index in [1.165, 1.54) is 43.1 Å². The Balaban J connectivity index is 1.96. The first-order valence-electron chi connectivity index (χ1n) is 8.00. The highest BCUT2D eigenvalue weighted by Gasteiger charge is 2.52. The van der Waals surface area contributed by atoms with Crippen LogP contribution in [0.1, 0.15) is 63.6 Å². The highest BCUT2D eigenvalue weighted by atomic mass is 32.1. The number of nitrogens with one attached hydrogen (secondary N) is 1. The molecular weight excluding hydrogens is 266 g/mol. The molecule has 1 N–H and O–H groups in total. The van der Waals surface area contributed by atoms with Crippen LogP contribution in [-0.2, 0) is 5.54 Å². The minimum atomic E-state index is 0.0997. The second-order valence-corrected chi connectivity index (χ2v) is 7.80. The molecule has 1 aromatic heterocycles. The summed E-state index contributed by atoms with van der Waals surface area (Å²) in [6.07, 6.45) is 3.87. The van der Waals surface area contributed by atoms with Gasteiger partial charge in [-0.05, 0) is 45.6 Å². The molecule has 4 heteroatoms. The number of fused-ring (bicyclic) bond motifs is 1. The molecule has 2 saturated heterocycles. The van der Waals surface area contributed by atoms with E-state index in [4.69, 9.17) is 4.98 Å². The van der Waals surface area contributed by atoms with Crippen LogP contribution in [0.5, 0.6) is 0 Å². The molecule has 112 valence electrons.